The molecule has 58 heavy (non-hydrogen) atoms. The van der Waals surface area contributed by atoms with Gasteiger partial charge in [0.1, 0.15) is 23.0 Å². The van der Waals surface area contributed by atoms with Crippen molar-refractivity contribution in [1.29, 1.82) is 0 Å². The molecule has 0 spiro atoms. The highest BCUT2D eigenvalue weighted by Gasteiger charge is 2.29. The average molecular weight is 1050 g/mol. The van der Waals surface area contributed by atoms with Crippen LogP contribution in [0, 0.1) is 0 Å². The standard InChI is InChI=1S/C50H66Br4O4/c1-5-41(51)13-9-33-55-45-25-17-37(18-26-45)49(38-19-27-46(28-20-38)56-34-10-14-42(52)6-2)50(39-21-29-47(30-22-39)57-35-11-15-43(53)7-3)40-23-31-48(32-24-40)58-36-12-16-44(54)8-4/h17-32,41-44,49-50H,5-16,33-36H2,1-4H3. The van der Waals surface area contributed by atoms with Crippen molar-refractivity contribution in [3.8, 4) is 23.0 Å². The van der Waals surface area contributed by atoms with Gasteiger partial charge in [-0.15, -0.1) is 0 Å². The quantitative estimate of drug-likeness (QED) is 0.0401. The van der Waals surface area contributed by atoms with Crippen LogP contribution in [0.4, 0.5) is 0 Å². The van der Waals surface area contributed by atoms with E-state index in [0.717, 1.165) is 100 Å². The van der Waals surface area contributed by atoms with Crippen molar-refractivity contribution in [3.05, 3.63) is 119 Å². The number of halogens is 4. The first-order valence-corrected chi connectivity index (χ1v) is 25.4. The number of alkyl halides is 4. The zero-order valence-electron chi connectivity index (χ0n) is 35.2. The maximum Gasteiger partial charge on any atom is 0.119 e. The van der Waals surface area contributed by atoms with E-state index in [1.165, 1.54) is 22.3 Å². The minimum Gasteiger partial charge on any atom is -0.494 e. The van der Waals surface area contributed by atoms with Gasteiger partial charge in [-0.3, -0.25) is 0 Å². The van der Waals surface area contributed by atoms with E-state index in [0.29, 0.717) is 45.7 Å². The van der Waals surface area contributed by atoms with Crippen LogP contribution in [-0.4, -0.2) is 45.7 Å². The molecule has 318 valence electrons. The van der Waals surface area contributed by atoms with Gasteiger partial charge in [0.15, 0.2) is 0 Å². The number of rotatable bonds is 29. The molecule has 0 fully saturated rings. The smallest absolute Gasteiger partial charge is 0.119 e. The minimum absolute atomic E-state index is 0.00821. The molecule has 0 heterocycles. The van der Waals surface area contributed by atoms with Crippen molar-refractivity contribution < 1.29 is 18.9 Å². The molecule has 0 aliphatic rings. The van der Waals surface area contributed by atoms with Crippen molar-refractivity contribution in [1.82, 2.24) is 0 Å². The molecule has 0 aliphatic heterocycles. The second kappa shape index (κ2) is 27.8. The predicted molar refractivity (Wildman–Crippen MR) is 260 cm³/mol. The Morgan fingerprint density at radius 2 is 0.517 bits per heavy atom. The molecule has 0 N–H and O–H groups in total. The van der Waals surface area contributed by atoms with Crippen molar-refractivity contribution in [2.24, 2.45) is 0 Å². The highest BCUT2D eigenvalue weighted by atomic mass is 79.9. The van der Waals surface area contributed by atoms with Crippen molar-refractivity contribution >= 4 is 63.7 Å². The lowest BCUT2D eigenvalue weighted by molar-refractivity contribution is 0.305. The molecule has 4 rings (SSSR count). The fraction of sp³-hybridized carbons (Fsp3) is 0.520. The van der Waals surface area contributed by atoms with E-state index < -0.39 is 0 Å². The number of ether oxygens (including phenoxy) is 4. The largest absolute Gasteiger partial charge is 0.494 e. The predicted octanol–water partition coefficient (Wildman–Crippen LogP) is 16.0. The van der Waals surface area contributed by atoms with Gasteiger partial charge in [-0.25, -0.2) is 0 Å². The second-order valence-corrected chi connectivity index (χ2v) is 20.4. The summed E-state index contributed by atoms with van der Waals surface area (Å²) in [5.41, 5.74) is 4.89. The average Bonchev–Trinajstić information content (AvgIpc) is 3.26. The van der Waals surface area contributed by atoms with Gasteiger partial charge in [0, 0.05) is 31.1 Å². The van der Waals surface area contributed by atoms with Crippen LogP contribution in [0.5, 0.6) is 23.0 Å². The number of benzene rings is 4. The Morgan fingerprint density at radius 1 is 0.328 bits per heavy atom. The molecule has 0 amide bonds. The van der Waals surface area contributed by atoms with Gasteiger partial charge in [0.05, 0.1) is 26.4 Å². The Balaban J connectivity index is 1.66. The molecule has 4 atom stereocenters. The monoisotopic (exact) mass is 1050 g/mol. The first-order chi connectivity index (χ1) is 28.2. The van der Waals surface area contributed by atoms with Crippen molar-refractivity contribution in [3.63, 3.8) is 0 Å². The molecule has 4 aromatic carbocycles. The van der Waals surface area contributed by atoms with Gasteiger partial charge in [-0.1, -0.05) is 140 Å². The molecule has 0 aromatic heterocycles. The fourth-order valence-electron chi connectivity index (χ4n) is 7.04. The first kappa shape index (κ1) is 48.7. The van der Waals surface area contributed by atoms with Gasteiger partial charge in [0.25, 0.3) is 0 Å². The number of hydrogen-bond donors (Lipinski definition) is 0. The third-order valence-corrected chi connectivity index (χ3v) is 15.2. The summed E-state index contributed by atoms with van der Waals surface area (Å²) in [7, 11) is 0. The highest BCUT2D eigenvalue weighted by molar-refractivity contribution is 9.10. The van der Waals surface area contributed by atoms with E-state index >= 15 is 0 Å². The van der Waals surface area contributed by atoms with Crippen LogP contribution in [0.2, 0.25) is 0 Å². The molecule has 4 unspecified atom stereocenters. The normalized spacial score (nSPS) is 14.6. The van der Waals surface area contributed by atoms with Crippen LogP contribution >= 0.6 is 63.7 Å². The van der Waals surface area contributed by atoms with E-state index in [-0.39, 0.29) is 11.8 Å². The van der Waals surface area contributed by atoms with E-state index in [2.05, 4.69) is 188 Å². The zero-order valence-corrected chi connectivity index (χ0v) is 41.5. The summed E-state index contributed by atoms with van der Waals surface area (Å²) < 4.78 is 24.9. The molecule has 8 heteroatoms. The third-order valence-electron chi connectivity index (χ3n) is 10.8. The van der Waals surface area contributed by atoms with E-state index in [9.17, 15) is 0 Å². The summed E-state index contributed by atoms with van der Waals surface area (Å²) in [6, 6.07) is 35.1. The molecule has 0 saturated heterocycles. The molecular formula is C50H66Br4O4. The van der Waals surface area contributed by atoms with Crippen LogP contribution in [0.3, 0.4) is 0 Å². The van der Waals surface area contributed by atoms with Crippen LogP contribution < -0.4 is 18.9 Å². The Bertz CT molecular complexity index is 1400. The zero-order chi connectivity index (χ0) is 41.5. The molecule has 4 nitrogen and oxygen atoms in total. The minimum atomic E-state index is 0.00821. The summed E-state index contributed by atoms with van der Waals surface area (Å²) in [4.78, 5) is 2.16. The molecule has 0 bridgehead atoms. The summed E-state index contributed by atoms with van der Waals surface area (Å²) in [6.07, 6.45) is 13.0. The van der Waals surface area contributed by atoms with Gasteiger partial charge in [-0.05, 0) is 148 Å². The lowest BCUT2D eigenvalue weighted by atomic mass is 9.73. The SMILES string of the molecule is CCC(Br)CCCOc1ccc(C(c2ccc(OCCCC(Br)CC)cc2)C(c2ccc(OCCCC(Br)CC)cc2)c2ccc(OCCCC(Br)CC)cc2)cc1. The second-order valence-electron chi connectivity index (χ2n) is 15.2. The lowest BCUT2D eigenvalue weighted by Crippen LogP contribution is -2.15. The Kier molecular flexibility index (Phi) is 23.3. The van der Waals surface area contributed by atoms with Crippen molar-refractivity contribution in [2.45, 2.75) is 136 Å². The summed E-state index contributed by atoms with van der Waals surface area (Å²) in [5, 5.41) is 0. The van der Waals surface area contributed by atoms with Crippen LogP contribution in [0.25, 0.3) is 0 Å². The Labute approximate surface area is 384 Å². The Morgan fingerprint density at radius 3 is 0.690 bits per heavy atom. The van der Waals surface area contributed by atoms with E-state index in [1.807, 2.05) is 0 Å². The van der Waals surface area contributed by atoms with Gasteiger partial charge in [-0.2, -0.15) is 0 Å². The highest BCUT2D eigenvalue weighted by Crippen LogP contribution is 2.44. The maximum absolute atomic E-state index is 6.23. The van der Waals surface area contributed by atoms with E-state index in [1.54, 1.807) is 0 Å². The lowest BCUT2D eigenvalue weighted by Gasteiger charge is -2.30. The van der Waals surface area contributed by atoms with Crippen molar-refractivity contribution in [2.75, 3.05) is 26.4 Å². The summed E-state index contributed by atoms with van der Waals surface area (Å²) in [6.45, 7) is 11.7. The van der Waals surface area contributed by atoms with Gasteiger partial charge in [0.2, 0.25) is 0 Å². The van der Waals surface area contributed by atoms with Crippen LogP contribution in [0.15, 0.2) is 97.1 Å². The van der Waals surface area contributed by atoms with Crippen LogP contribution in [0.1, 0.15) is 139 Å². The molecular weight excluding hydrogens is 984 g/mol. The first-order valence-electron chi connectivity index (χ1n) is 21.7. The summed E-state index contributed by atoms with van der Waals surface area (Å²) in [5.74, 6) is 3.62. The van der Waals surface area contributed by atoms with Gasteiger partial charge >= 0.3 is 0 Å². The van der Waals surface area contributed by atoms with Gasteiger partial charge < -0.3 is 18.9 Å². The maximum atomic E-state index is 6.23. The topological polar surface area (TPSA) is 36.9 Å². The molecule has 0 radical (unpaired) electrons. The summed E-state index contributed by atoms with van der Waals surface area (Å²) >= 11 is 15.0. The number of hydrogen-bond acceptors (Lipinski definition) is 4. The fourth-order valence-corrected chi connectivity index (χ4v) is 8.33. The molecule has 0 saturated carbocycles. The molecule has 4 aromatic rings. The van der Waals surface area contributed by atoms with E-state index in [4.69, 9.17) is 18.9 Å². The molecule has 0 aliphatic carbocycles. The third kappa shape index (κ3) is 17.2. The Hall–Kier alpha value is -2.00. The van der Waals surface area contributed by atoms with Crippen LogP contribution in [-0.2, 0) is 0 Å².